The molecule has 90 valence electrons. The van der Waals surface area contributed by atoms with Gasteiger partial charge in [-0.15, -0.1) is 0 Å². The van der Waals surface area contributed by atoms with Crippen LogP contribution in [-0.4, -0.2) is 24.4 Å². The van der Waals surface area contributed by atoms with E-state index in [0.717, 1.165) is 18.9 Å². The van der Waals surface area contributed by atoms with Crippen molar-refractivity contribution < 1.29 is 9.84 Å². The highest BCUT2D eigenvalue weighted by Crippen LogP contribution is 2.27. The molecule has 0 aromatic heterocycles. The summed E-state index contributed by atoms with van der Waals surface area (Å²) >= 11 is 0. The van der Waals surface area contributed by atoms with Gasteiger partial charge < -0.3 is 9.84 Å². The van der Waals surface area contributed by atoms with Crippen LogP contribution in [0.3, 0.4) is 0 Å². The van der Waals surface area contributed by atoms with E-state index in [-0.39, 0.29) is 6.10 Å². The molecule has 2 heteroatoms. The highest BCUT2D eigenvalue weighted by Gasteiger charge is 2.12. The summed E-state index contributed by atoms with van der Waals surface area (Å²) in [5.74, 6) is 0.957. The summed E-state index contributed by atoms with van der Waals surface area (Å²) in [5, 5.41) is 9.28. The van der Waals surface area contributed by atoms with Crippen LogP contribution >= 0.6 is 0 Å². The maximum absolute atomic E-state index is 9.28. The molecule has 0 aromatic carbocycles. The number of hydrogen-bond acceptors (Lipinski definition) is 2. The molecule has 0 radical (unpaired) electrons. The first kappa shape index (κ1) is 13.0. The van der Waals surface area contributed by atoms with Gasteiger partial charge in [0.05, 0.1) is 12.7 Å². The second-order valence-electron chi connectivity index (χ2n) is 4.78. The molecule has 0 aliphatic heterocycles. The maximum atomic E-state index is 9.28. The average Bonchev–Trinajstić information content (AvgIpc) is 2.29. The Hall–Kier alpha value is -0.0800. The molecule has 1 rings (SSSR count). The van der Waals surface area contributed by atoms with E-state index in [4.69, 9.17) is 4.74 Å². The molecule has 1 fully saturated rings. The summed E-state index contributed by atoms with van der Waals surface area (Å²) in [6.07, 6.45) is 10.2. The Morgan fingerprint density at radius 3 is 2.67 bits per heavy atom. The van der Waals surface area contributed by atoms with Gasteiger partial charge in [-0.05, 0) is 25.2 Å². The van der Waals surface area contributed by atoms with Crippen LogP contribution in [0.25, 0.3) is 0 Å². The molecular weight excluding hydrogens is 188 g/mol. The molecule has 2 nitrogen and oxygen atoms in total. The Labute approximate surface area is 94.0 Å². The molecule has 1 atom stereocenters. The highest BCUT2D eigenvalue weighted by atomic mass is 16.5. The fraction of sp³-hybridized carbons (Fsp3) is 1.00. The maximum Gasteiger partial charge on any atom is 0.0771 e. The van der Waals surface area contributed by atoms with Crippen LogP contribution in [0.2, 0.25) is 0 Å². The first-order valence-electron chi connectivity index (χ1n) is 6.58. The summed E-state index contributed by atoms with van der Waals surface area (Å²) in [4.78, 5) is 0. The Balaban J connectivity index is 1.87. The second-order valence-corrected chi connectivity index (χ2v) is 4.78. The van der Waals surface area contributed by atoms with E-state index in [2.05, 4.69) is 0 Å². The molecule has 0 heterocycles. The molecule has 0 saturated heterocycles. The number of ether oxygens (including phenoxy) is 1. The van der Waals surface area contributed by atoms with Crippen LogP contribution in [0.15, 0.2) is 0 Å². The first-order chi connectivity index (χ1) is 7.33. The summed E-state index contributed by atoms with van der Waals surface area (Å²) in [6, 6.07) is 0. The molecule has 0 amide bonds. The molecule has 1 saturated carbocycles. The third-order valence-electron chi connectivity index (χ3n) is 3.41. The van der Waals surface area contributed by atoms with E-state index in [1.165, 1.54) is 44.9 Å². The minimum absolute atomic E-state index is 0.264. The molecular formula is C13H26O2. The first-order valence-corrected chi connectivity index (χ1v) is 6.58. The van der Waals surface area contributed by atoms with Crippen LogP contribution in [-0.2, 0) is 4.74 Å². The molecule has 0 bridgehead atoms. The SMILES string of the molecule is CCC(O)COCCCC1CCCCC1. The number of hydrogen-bond donors (Lipinski definition) is 1. The number of aliphatic hydroxyl groups is 1. The summed E-state index contributed by atoms with van der Waals surface area (Å²) in [6.45, 7) is 3.32. The van der Waals surface area contributed by atoms with Crippen LogP contribution in [0.1, 0.15) is 58.3 Å². The number of aliphatic hydroxyl groups excluding tert-OH is 1. The lowest BCUT2D eigenvalue weighted by Gasteiger charge is -2.21. The van der Waals surface area contributed by atoms with Crippen molar-refractivity contribution in [3.05, 3.63) is 0 Å². The molecule has 1 unspecified atom stereocenters. The van der Waals surface area contributed by atoms with Crippen LogP contribution in [0.5, 0.6) is 0 Å². The smallest absolute Gasteiger partial charge is 0.0771 e. The van der Waals surface area contributed by atoms with Gasteiger partial charge in [0.25, 0.3) is 0 Å². The Morgan fingerprint density at radius 2 is 2.00 bits per heavy atom. The fourth-order valence-electron chi connectivity index (χ4n) is 2.29. The van der Waals surface area contributed by atoms with Crippen molar-refractivity contribution in [2.24, 2.45) is 5.92 Å². The summed E-state index contributed by atoms with van der Waals surface area (Å²) in [5.41, 5.74) is 0. The van der Waals surface area contributed by atoms with E-state index < -0.39 is 0 Å². The normalized spacial score (nSPS) is 20.4. The van der Waals surface area contributed by atoms with Gasteiger partial charge >= 0.3 is 0 Å². The van der Waals surface area contributed by atoms with Crippen LogP contribution < -0.4 is 0 Å². The highest BCUT2D eigenvalue weighted by molar-refractivity contribution is 4.65. The van der Waals surface area contributed by atoms with E-state index in [1.807, 2.05) is 6.92 Å². The van der Waals surface area contributed by atoms with Crippen molar-refractivity contribution >= 4 is 0 Å². The standard InChI is InChI=1S/C13H26O2/c1-2-13(14)11-15-10-6-9-12-7-4-3-5-8-12/h12-14H,2-11H2,1H3. The quantitative estimate of drug-likeness (QED) is 0.660. The molecule has 0 aromatic rings. The van der Waals surface area contributed by atoms with Gasteiger partial charge in [0.2, 0.25) is 0 Å². The van der Waals surface area contributed by atoms with Crippen molar-refractivity contribution in [2.75, 3.05) is 13.2 Å². The topological polar surface area (TPSA) is 29.5 Å². The minimum Gasteiger partial charge on any atom is -0.391 e. The van der Waals surface area contributed by atoms with Gasteiger partial charge in [0.15, 0.2) is 0 Å². The van der Waals surface area contributed by atoms with Crippen molar-refractivity contribution in [2.45, 2.75) is 64.4 Å². The largest absolute Gasteiger partial charge is 0.391 e. The van der Waals surface area contributed by atoms with E-state index in [0.29, 0.717) is 6.61 Å². The lowest BCUT2D eigenvalue weighted by atomic mass is 9.86. The zero-order chi connectivity index (χ0) is 10.9. The van der Waals surface area contributed by atoms with Crippen molar-refractivity contribution in [1.29, 1.82) is 0 Å². The lowest BCUT2D eigenvalue weighted by Crippen LogP contribution is -2.15. The van der Waals surface area contributed by atoms with E-state index >= 15 is 0 Å². The van der Waals surface area contributed by atoms with Gasteiger partial charge in [-0.1, -0.05) is 39.0 Å². The summed E-state index contributed by atoms with van der Waals surface area (Å²) < 4.78 is 5.43. The molecule has 0 spiro atoms. The zero-order valence-electron chi connectivity index (χ0n) is 10.1. The molecule has 1 N–H and O–H groups in total. The Kier molecular flexibility index (Phi) is 7.03. The second kappa shape index (κ2) is 8.12. The van der Waals surface area contributed by atoms with Gasteiger partial charge in [-0.2, -0.15) is 0 Å². The predicted molar refractivity (Wildman–Crippen MR) is 62.9 cm³/mol. The van der Waals surface area contributed by atoms with Crippen molar-refractivity contribution in [3.8, 4) is 0 Å². The molecule has 1 aliphatic carbocycles. The van der Waals surface area contributed by atoms with E-state index in [1.54, 1.807) is 0 Å². The van der Waals surface area contributed by atoms with Crippen LogP contribution in [0, 0.1) is 5.92 Å². The lowest BCUT2D eigenvalue weighted by molar-refractivity contribution is 0.0320. The minimum atomic E-state index is -0.264. The predicted octanol–water partition coefficient (Wildman–Crippen LogP) is 3.13. The van der Waals surface area contributed by atoms with Gasteiger partial charge in [0, 0.05) is 6.61 Å². The van der Waals surface area contributed by atoms with Gasteiger partial charge in [-0.3, -0.25) is 0 Å². The van der Waals surface area contributed by atoms with Crippen molar-refractivity contribution in [1.82, 2.24) is 0 Å². The van der Waals surface area contributed by atoms with Gasteiger partial charge in [0.1, 0.15) is 0 Å². The number of rotatable bonds is 7. The van der Waals surface area contributed by atoms with Gasteiger partial charge in [-0.25, -0.2) is 0 Å². The zero-order valence-corrected chi connectivity index (χ0v) is 10.1. The monoisotopic (exact) mass is 214 g/mol. The third-order valence-corrected chi connectivity index (χ3v) is 3.41. The Bertz CT molecular complexity index is 141. The third kappa shape index (κ3) is 6.16. The van der Waals surface area contributed by atoms with Crippen molar-refractivity contribution in [3.63, 3.8) is 0 Å². The molecule has 15 heavy (non-hydrogen) atoms. The molecule has 1 aliphatic rings. The fourth-order valence-corrected chi connectivity index (χ4v) is 2.29. The average molecular weight is 214 g/mol. The van der Waals surface area contributed by atoms with Crippen LogP contribution in [0.4, 0.5) is 0 Å². The van der Waals surface area contributed by atoms with E-state index in [9.17, 15) is 5.11 Å². The summed E-state index contributed by atoms with van der Waals surface area (Å²) in [7, 11) is 0. The Morgan fingerprint density at radius 1 is 1.27 bits per heavy atom.